The zero-order valence-corrected chi connectivity index (χ0v) is 51.9. The lowest BCUT2D eigenvalue weighted by Gasteiger charge is -2.41. The zero-order valence-electron chi connectivity index (χ0n) is 51.9. The first-order valence-electron chi connectivity index (χ1n) is 33.4. The third-order valence-electron chi connectivity index (χ3n) is 15.3. The lowest BCUT2D eigenvalue weighted by atomic mass is 9.99. The molecule has 1 aliphatic rings. The van der Waals surface area contributed by atoms with Crippen LogP contribution in [0.5, 0.6) is 0 Å². The molecule has 0 aromatic carbocycles. The Labute approximate surface area is 495 Å². The molecule has 0 aliphatic carbocycles. The Morgan fingerprint density at radius 3 is 1.32 bits per heavy atom. The predicted octanol–water partition coefficient (Wildman–Crippen LogP) is 16.5. The minimum Gasteiger partial charge on any atom is -0.454 e. The van der Waals surface area contributed by atoms with Crippen molar-refractivity contribution in [3.05, 3.63) is 85.1 Å². The van der Waals surface area contributed by atoms with E-state index in [1.807, 2.05) is 12.2 Å². The summed E-state index contributed by atoms with van der Waals surface area (Å²) in [6, 6.07) is -1.05. The van der Waals surface area contributed by atoms with Gasteiger partial charge in [0.15, 0.2) is 12.4 Å². The van der Waals surface area contributed by atoms with E-state index in [4.69, 9.17) is 14.2 Å². The summed E-state index contributed by atoms with van der Waals surface area (Å²) < 4.78 is 17.6. The second-order valence-corrected chi connectivity index (χ2v) is 22.8. The van der Waals surface area contributed by atoms with Gasteiger partial charge in [-0.15, -0.1) is 0 Å². The summed E-state index contributed by atoms with van der Waals surface area (Å²) in [5, 5.41) is 57.1. The molecule has 1 saturated heterocycles. The standard InChI is InChI=1S/C70H123NO10/c1-4-7-10-13-16-19-22-25-27-29-31-33-34-36-39-42-45-48-51-54-57-63(74)69(78)71-61(62(73)56-53-50-47-44-41-38-24-21-18-15-12-9-6-3)60-79-70-68(67(77)66(76)64(59-72)80-70)81-65(75)58-55-52-49-46-43-40-37-35-32-30-28-26-23-20-17-14-11-8-5-2/h7,10,16,19,25,27,31,33,36,39,45,48,53,56,61-64,66-68,70,72-74,76-77H,4-6,8-9,11-15,17-18,20-24,26,28-30,32,34-35,37-38,40-44,46-47,49-52,54-55,57-60H2,1-3H3,(H,71,78)/b10-7-,19-16-,27-25-,33-31-,39-36-,48-45-,56-53+. The molecular weight excluding hydrogens is 1010 g/mol. The largest absolute Gasteiger partial charge is 0.454 e. The van der Waals surface area contributed by atoms with Crippen LogP contribution in [0, 0.1) is 0 Å². The van der Waals surface area contributed by atoms with Crippen molar-refractivity contribution < 1.29 is 49.3 Å². The van der Waals surface area contributed by atoms with Gasteiger partial charge in [-0.3, -0.25) is 9.59 Å². The van der Waals surface area contributed by atoms with Gasteiger partial charge < -0.3 is 45.1 Å². The number of carbonyl (C=O) groups is 2. The van der Waals surface area contributed by atoms with Crippen molar-refractivity contribution in [1.82, 2.24) is 5.32 Å². The second-order valence-electron chi connectivity index (χ2n) is 22.8. The summed E-state index contributed by atoms with van der Waals surface area (Å²) in [6.45, 7) is 5.67. The van der Waals surface area contributed by atoms with Gasteiger partial charge in [0.2, 0.25) is 5.91 Å². The number of ether oxygens (including phenoxy) is 3. The van der Waals surface area contributed by atoms with Crippen molar-refractivity contribution in [2.45, 2.75) is 333 Å². The highest BCUT2D eigenvalue weighted by Gasteiger charge is 2.47. The maximum Gasteiger partial charge on any atom is 0.306 e. The number of carbonyl (C=O) groups excluding carboxylic acids is 2. The van der Waals surface area contributed by atoms with E-state index < -0.39 is 67.4 Å². The third-order valence-corrected chi connectivity index (χ3v) is 15.3. The summed E-state index contributed by atoms with van der Waals surface area (Å²) in [7, 11) is 0. The van der Waals surface area contributed by atoms with Crippen LogP contribution in [0.4, 0.5) is 0 Å². The molecule has 1 amide bonds. The van der Waals surface area contributed by atoms with Gasteiger partial charge in [-0.2, -0.15) is 0 Å². The van der Waals surface area contributed by atoms with Crippen LogP contribution in [0.1, 0.15) is 284 Å². The minimum atomic E-state index is -1.62. The van der Waals surface area contributed by atoms with Gasteiger partial charge in [-0.1, -0.05) is 286 Å². The number of unbranched alkanes of at least 4 members (excludes halogenated alkanes) is 30. The van der Waals surface area contributed by atoms with Gasteiger partial charge in [0.1, 0.15) is 24.4 Å². The molecule has 11 nitrogen and oxygen atoms in total. The number of rotatable bonds is 56. The molecule has 0 bridgehead atoms. The third kappa shape index (κ3) is 45.0. The van der Waals surface area contributed by atoms with E-state index in [0.29, 0.717) is 19.3 Å². The quantitative estimate of drug-likeness (QED) is 0.0195. The average Bonchev–Trinajstić information content (AvgIpc) is 3.46. The Morgan fingerprint density at radius 1 is 0.494 bits per heavy atom. The highest BCUT2D eigenvalue weighted by Crippen LogP contribution is 2.26. The summed E-state index contributed by atoms with van der Waals surface area (Å²) in [5.74, 6) is -1.24. The fourth-order valence-corrected chi connectivity index (χ4v) is 10.1. The van der Waals surface area contributed by atoms with Crippen molar-refractivity contribution in [3.8, 4) is 0 Å². The van der Waals surface area contributed by atoms with Crippen LogP contribution in [-0.4, -0.2) is 99.6 Å². The van der Waals surface area contributed by atoms with Crippen LogP contribution in [0.25, 0.3) is 0 Å². The monoisotopic (exact) mass is 1140 g/mol. The normalized spacial score (nSPS) is 19.2. The van der Waals surface area contributed by atoms with Gasteiger partial charge in [-0.05, 0) is 77.0 Å². The zero-order chi connectivity index (χ0) is 58.9. The van der Waals surface area contributed by atoms with E-state index >= 15 is 0 Å². The lowest BCUT2D eigenvalue weighted by molar-refractivity contribution is -0.305. The highest BCUT2D eigenvalue weighted by molar-refractivity contribution is 5.80. The summed E-state index contributed by atoms with van der Waals surface area (Å²) in [4.78, 5) is 26.6. The molecule has 6 N–H and O–H groups in total. The first kappa shape index (κ1) is 75.9. The number of aliphatic hydroxyl groups is 5. The maximum atomic E-state index is 13.4. The van der Waals surface area contributed by atoms with Crippen LogP contribution in [0.2, 0.25) is 0 Å². The number of hydrogen-bond acceptors (Lipinski definition) is 10. The molecule has 0 aromatic heterocycles. The van der Waals surface area contributed by atoms with Gasteiger partial charge >= 0.3 is 5.97 Å². The van der Waals surface area contributed by atoms with Crippen LogP contribution >= 0.6 is 0 Å². The molecule has 81 heavy (non-hydrogen) atoms. The van der Waals surface area contributed by atoms with Gasteiger partial charge in [0.25, 0.3) is 0 Å². The first-order valence-corrected chi connectivity index (χ1v) is 33.4. The number of amides is 1. The molecule has 1 heterocycles. The number of hydrogen-bond donors (Lipinski definition) is 6. The topological polar surface area (TPSA) is 175 Å². The number of allylic oxidation sites excluding steroid dienone is 13. The van der Waals surface area contributed by atoms with Crippen molar-refractivity contribution in [3.63, 3.8) is 0 Å². The molecule has 0 saturated carbocycles. The smallest absolute Gasteiger partial charge is 0.306 e. The minimum absolute atomic E-state index is 0.119. The molecule has 468 valence electrons. The second kappa shape index (κ2) is 57.3. The van der Waals surface area contributed by atoms with E-state index in [2.05, 4.69) is 92.9 Å². The lowest BCUT2D eigenvalue weighted by Crippen LogP contribution is -2.61. The SMILES string of the molecule is CC/C=C\C/C=C\C/C=C\C/C=C\C/C=C\C/C=C\CCCC(O)C(=O)NC(COC1OC(CO)C(O)C(O)C1OC(=O)CCCCCCCCCCCCCCCCCCCCC)C(O)/C=C/CCCCCCCCCCCCC. The molecule has 1 aliphatic heterocycles. The highest BCUT2D eigenvalue weighted by atomic mass is 16.7. The fourth-order valence-electron chi connectivity index (χ4n) is 10.1. The van der Waals surface area contributed by atoms with Crippen molar-refractivity contribution in [1.29, 1.82) is 0 Å². The Hall–Kier alpha value is -3.16. The van der Waals surface area contributed by atoms with E-state index in [9.17, 15) is 35.1 Å². The van der Waals surface area contributed by atoms with Crippen molar-refractivity contribution >= 4 is 11.9 Å². The summed E-state index contributed by atoms with van der Waals surface area (Å²) in [5.41, 5.74) is 0. The Morgan fingerprint density at radius 2 is 0.889 bits per heavy atom. The Kier molecular flexibility index (Phi) is 53.6. The molecule has 8 unspecified atom stereocenters. The molecule has 0 spiro atoms. The van der Waals surface area contributed by atoms with Crippen molar-refractivity contribution in [2.75, 3.05) is 13.2 Å². The number of nitrogens with one attached hydrogen (secondary N) is 1. The summed E-state index contributed by atoms with van der Waals surface area (Å²) >= 11 is 0. The molecular formula is C70H123NO10. The molecule has 0 aromatic rings. The Bertz CT molecular complexity index is 1640. The molecule has 8 atom stereocenters. The predicted molar refractivity (Wildman–Crippen MR) is 338 cm³/mol. The maximum absolute atomic E-state index is 13.4. The Balaban J connectivity index is 2.69. The van der Waals surface area contributed by atoms with Gasteiger partial charge in [-0.25, -0.2) is 0 Å². The van der Waals surface area contributed by atoms with E-state index in [0.717, 1.165) is 83.5 Å². The van der Waals surface area contributed by atoms with Crippen LogP contribution in [-0.2, 0) is 23.8 Å². The first-order chi connectivity index (χ1) is 39.7. The molecule has 11 heteroatoms. The molecule has 1 rings (SSSR count). The van der Waals surface area contributed by atoms with Gasteiger partial charge in [0, 0.05) is 6.42 Å². The molecule has 1 fully saturated rings. The van der Waals surface area contributed by atoms with E-state index in [-0.39, 0.29) is 19.4 Å². The van der Waals surface area contributed by atoms with Crippen LogP contribution < -0.4 is 5.32 Å². The number of aliphatic hydroxyl groups excluding tert-OH is 5. The molecule has 0 radical (unpaired) electrons. The van der Waals surface area contributed by atoms with Crippen LogP contribution in [0.15, 0.2) is 85.1 Å². The van der Waals surface area contributed by atoms with Crippen molar-refractivity contribution in [2.24, 2.45) is 0 Å². The van der Waals surface area contributed by atoms with E-state index in [1.54, 1.807) is 6.08 Å². The van der Waals surface area contributed by atoms with Gasteiger partial charge in [0.05, 0.1) is 25.4 Å². The average molecular weight is 1140 g/mol. The number of esters is 1. The van der Waals surface area contributed by atoms with E-state index in [1.165, 1.54) is 148 Å². The fraction of sp³-hybridized carbons (Fsp3) is 0.771. The van der Waals surface area contributed by atoms with Crippen LogP contribution in [0.3, 0.4) is 0 Å². The summed E-state index contributed by atoms with van der Waals surface area (Å²) in [6.07, 6.45) is 64.8.